The first-order valence-electron chi connectivity index (χ1n) is 6.20. The average Bonchev–Trinajstić information content (AvgIpc) is 2.44. The lowest BCUT2D eigenvalue weighted by Gasteiger charge is -2.28. The number of benzene rings is 1. The van der Waals surface area contributed by atoms with Crippen LogP contribution >= 0.6 is 0 Å². The first kappa shape index (κ1) is 15.6. The van der Waals surface area contributed by atoms with Crippen LogP contribution in [0.2, 0.25) is 0 Å². The molecule has 2 atom stereocenters. The SMILES string of the molecule is CCC(C)(CO)NCC(O)c1ccc([N+](=O)[O-])cc1. The van der Waals surface area contributed by atoms with E-state index in [1.807, 2.05) is 13.8 Å². The molecule has 0 saturated carbocycles. The van der Waals surface area contributed by atoms with Gasteiger partial charge in [-0.15, -0.1) is 0 Å². The molecule has 2 unspecified atom stereocenters. The second-order valence-electron chi connectivity index (χ2n) is 4.82. The number of non-ortho nitro benzene ring substituents is 1. The molecule has 0 aliphatic rings. The molecule has 0 spiro atoms. The predicted octanol–water partition coefficient (Wildman–Crippen LogP) is 1.38. The molecule has 1 aromatic rings. The van der Waals surface area contributed by atoms with Gasteiger partial charge in [-0.05, 0) is 31.0 Å². The lowest BCUT2D eigenvalue weighted by molar-refractivity contribution is -0.384. The summed E-state index contributed by atoms with van der Waals surface area (Å²) in [5, 5.41) is 32.9. The molecule has 6 nitrogen and oxygen atoms in total. The molecule has 0 aliphatic heterocycles. The number of β-amino-alcohol motifs (C(OH)–C–C–N with tert-alkyl or cyclic N) is 1. The third-order valence-electron chi connectivity index (χ3n) is 3.34. The number of rotatable bonds is 7. The summed E-state index contributed by atoms with van der Waals surface area (Å²) in [6, 6.07) is 5.80. The molecule has 6 heteroatoms. The molecule has 1 rings (SSSR count). The smallest absolute Gasteiger partial charge is 0.269 e. The Labute approximate surface area is 112 Å². The van der Waals surface area contributed by atoms with Crippen molar-refractivity contribution in [1.82, 2.24) is 5.32 Å². The topological polar surface area (TPSA) is 95.6 Å². The zero-order valence-corrected chi connectivity index (χ0v) is 11.2. The van der Waals surface area contributed by atoms with Gasteiger partial charge in [0.15, 0.2) is 0 Å². The molecule has 0 bridgehead atoms. The van der Waals surface area contributed by atoms with Crippen molar-refractivity contribution >= 4 is 5.69 Å². The minimum atomic E-state index is -0.766. The van der Waals surface area contributed by atoms with E-state index in [2.05, 4.69) is 5.32 Å². The van der Waals surface area contributed by atoms with Crippen LogP contribution in [-0.2, 0) is 0 Å². The van der Waals surface area contributed by atoms with Crippen LogP contribution in [0.5, 0.6) is 0 Å². The second-order valence-corrected chi connectivity index (χ2v) is 4.82. The normalized spacial score (nSPS) is 15.8. The molecular formula is C13H20N2O4. The average molecular weight is 268 g/mol. The van der Waals surface area contributed by atoms with Crippen molar-refractivity contribution in [1.29, 1.82) is 0 Å². The van der Waals surface area contributed by atoms with Gasteiger partial charge in [0.1, 0.15) is 0 Å². The molecule has 0 saturated heterocycles. The Bertz CT molecular complexity index is 415. The Morgan fingerprint density at radius 1 is 1.42 bits per heavy atom. The summed E-state index contributed by atoms with van der Waals surface area (Å²) in [6.45, 7) is 4.08. The number of hydrogen-bond donors (Lipinski definition) is 3. The number of hydrogen-bond acceptors (Lipinski definition) is 5. The number of nitro benzene ring substituents is 1. The highest BCUT2D eigenvalue weighted by Crippen LogP contribution is 2.18. The van der Waals surface area contributed by atoms with Crippen LogP contribution in [0.25, 0.3) is 0 Å². The summed E-state index contributed by atoms with van der Waals surface area (Å²) >= 11 is 0. The molecule has 3 N–H and O–H groups in total. The van der Waals surface area contributed by atoms with Crippen LogP contribution in [-0.4, -0.2) is 33.8 Å². The fraction of sp³-hybridized carbons (Fsp3) is 0.538. The minimum absolute atomic E-state index is 0.00216. The summed E-state index contributed by atoms with van der Waals surface area (Å²) in [7, 11) is 0. The molecular weight excluding hydrogens is 248 g/mol. The van der Waals surface area contributed by atoms with Crippen LogP contribution in [0.1, 0.15) is 31.9 Å². The number of aliphatic hydroxyl groups is 2. The molecule has 1 aromatic carbocycles. The maximum atomic E-state index is 10.5. The highest BCUT2D eigenvalue weighted by molar-refractivity contribution is 5.33. The van der Waals surface area contributed by atoms with E-state index < -0.39 is 16.6 Å². The first-order chi connectivity index (χ1) is 8.91. The quantitative estimate of drug-likeness (QED) is 0.513. The van der Waals surface area contributed by atoms with E-state index in [4.69, 9.17) is 0 Å². The summed E-state index contributed by atoms with van der Waals surface area (Å²) in [5.41, 5.74) is 0.175. The van der Waals surface area contributed by atoms with Crippen LogP contribution in [0.4, 0.5) is 5.69 Å². The Kier molecular flexibility index (Phi) is 5.41. The van der Waals surface area contributed by atoms with Crippen LogP contribution in [0.15, 0.2) is 24.3 Å². The van der Waals surface area contributed by atoms with E-state index in [0.717, 1.165) is 6.42 Å². The van der Waals surface area contributed by atoms with Gasteiger partial charge in [-0.2, -0.15) is 0 Å². The van der Waals surface area contributed by atoms with Gasteiger partial charge in [-0.1, -0.05) is 6.92 Å². The Balaban J connectivity index is 2.63. The van der Waals surface area contributed by atoms with E-state index in [1.54, 1.807) is 0 Å². The van der Waals surface area contributed by atoms with Gasteiger partial charge < -0.3 is 15.5 Å². The molecule has 19 heavy (non-hydrogen) atoms. The molecule has 0 aliphatic carbocycles. The predicted molar refractivity (Wildman–Crippen MR) is 71.8 cm³/mol. The third-order valence-corrected chi connectivity index (χ3v) is 3.34. The molecule has 0 heterocycles. The van der Waals surface area contributed by atoms with Gasteiger partial charge >= 0.3 is 0 Å². The van der Waals surface area contributed by atoms with Gasteiger partial charge in [0.25, 0.3) is 5.69 Å². The highest BCUT2D eigenvalue weighted by atomic mass is 16.6. The number of nitro groups is 1. The maximum absolute atomic E-state index is 10.5. The third kappa shape index (κ3) is 4.27. The van der Waals surface area contributed by atoms with Crippen LogP contribution in [0.3, 0.4) is 0 Å². The van der Waals surface area contributed by atoms with Crippen molar-refractivity contribution in [3.63, 3.8) is 0 Å². The van der Waals surface area contributed by atoms with Gasteiger partial charge in [-0.3, -0.25) is 10.1 Å². The Morgan fingerprint density at radius 3 is 2.42 bits per heavy atom. The Hall–Kier alpha value is -1.50. The zero-order chi connectivity index (χ0) is 14.5. The van der Waals surface area contributed by atoms with Crippen molar-refractivity contribution in [2.75, 3.05) is 13.2 Å². The van der Waals surface area contributed by atoms with Gasteiger partial charge in [0, 0.05) is 24.2 Å². The van der Waals surface area contributed by atoms with E-state index in [-0.39, 0.29) is 18.8 Å². The maximum Gasteiger partial charge on any atom is 0.269 e. The van der Waals surface area contributed by atoms with Gasteiger partial charge in [0.05, 0.1) is 17.6 Å². The van der Waals surface area contributed by atoms with Crippen LogP contribution in [0, 0.1) is 10.1 Å². The lowest BCUT2D eigenvalue weighted by Crippen LogP contribution is -2.46. The molecule has 0 amide bonds. The van der Waals surface area contributed by atoms with E-state index >= 15 is 0 Å². The monoisotopic (exact) mass is 268 g/mol. The molecule has 0 radical (unpaired) electrons. The second kappa shape index (κ2) is 6.60. The molecule has 0 fully saturated rings. The minimum Gasteiger partial charge on any atom is -0.394 e. The zero-order valence-electron chi connectivity index (χ0n) is 11.2. The van der Waals surface area contributed by atoms with E-state index in [0.29, 0.717) is 5.56 Å². The lowest BCUT2D eigenvalue weighted by atomic mass is 9.99. The number of nitrogens with zero attached hydrogens (tertiary/aromatic N) is 1. The molecule has 106 valence electrons. The summed E-state index contributed by atoms with van der Waals surface area (Å²) in [4.78, 5) is 10.0. The summed E-state index contributed by atoms with van der Waals surface area (Å²) in [6.07, 6.45) is -0.0329. The summed E-state index contributed by atoms with van der Waals surface area (Å²) < 4.78 is 0. The fourth-order valence-corrected chi connectivity index (χ4v) is 1.57. The van der Waals surface area contributed by atoms with Gasteiger partial charge in [-0.25, -0.2) is 0 Å². The Morgan fingerprint density at radius 2 is 2.00 bits per heavy atom. The number of nitrogens with one attached hydrogen (secondary N) is 1. The first-order valence-corrected chi connectivity index (χ1v) is 6.20. The van der Waals surface area contributed by atoms with Crippen molar-refractivity contribution in [3.8, 4) is 0 Å². The van der Waals surface area contributed by atoms with Crippen LogP contribution < -0.4 is 5.32 Å². The van der Waals surface area contributed by atoms with Gasteiger partial charge in [0.2, 0.25) is 0 Å². The largest absolute Gasteiger partial charge is 0.394 e. The van der Waals surface area contributed by atoms with Crippen molar-refractivity contribution in [2.24, 2.45) is 0 Å². The van der Waals surface area contributed by atoms with Crippen molar-refractivity contribution < 1.29 is 15.1 Å². The fourth-order valence-electron chi connectivity index (χ4n) is 1.57. The summed E-state index contributed by atoms with van der Waals surface area (Å²) in [5.74, 6) is 0. The standard InChI is InChI=1S/C13H20N2O4/c1-3-13(2,9-16)14-8-12(17)10-4-6-11(7-5-10)15(18)19/h4-7,12,14,16-17H,3,8-9H2,1-2H3. The van der Waals surface area contributed by atoms with Crippen molar-refractivity contribution in [3.05, 3.63) is 39.9 Å². The van der Waals surface area contributed by atoms with Crippen molar-refractivity contribution in [2.45, 2.75) is 31.9 Å². The highest BCUT2D eigenvalue weighted by Gasteiger charge is 2.21. The van der Waals surface area contributed by atoms with E-state index in [9.17, 15) is 20.3 Å². The molecule has 0 aromatic heterocycles. The van der Waals surface area contributed by atoms with E-state index in [1.165, 1.54) is 24.3 Å². The number of aliphatic hydroxyl groups excluding tert-OH is 2.